The second-order valence-corrected chi connectivity index (χ2v) is 4.81. The molecule has 0 unspecified atom stereocenters. The third-order valence-electron chi connectivity index (χ3n) is 1.27. The number of rotatable bonds is 3. The normalized spacial score (nSPS) is 20.4. The molecule has 13 heavy (non-hydrogen) atoms. The Morgan fingerprint density at radius 1 is 1.54 bits per heavy atom. The van der Waals surface area contributed by atoms with Crippen molar-refractivity contribution in [3.63, 3.8) is 0 Å². The lowest BCUT2D eigenvalue weighted by Gasteiger charge is -2.17. The Morgan fingerprint density at radius 3 is 2.54 bits per heavy atom. The van der Waals surface area contributed by atoms with Gasteiger partial charge in [-0.25, -0.2) is 0 Å². The minimum Gasteiger partial charge on any atom is -0.457 e. The average molecular weight is 208 g/mol. The first kappa shape index (κ1) is 10.3. The minimum absolute atomic E-state index is 0.123. The monoisotopic (exact) mass is 208 g/mol. The van der Waals surface area contributed by atoms with Crippen LogP contribution in [0.25, 0.3) is 0 Å². The zero-order chi connectivity index (χ0) is 10.1. The van der Waals surface area contributed by atoms with Gasteiger partial charge in [0, 0.05) is 13.8 Å². The number of hydrogen-bond acceptors (Lipinski definition) is 5. The van der Waals surface area contributed by atoms with Gasteiger partial charge in [-0.15, -0.1) is 0 Å². The summed E-state index contributed by atoms with van der Waals surface area (Å²) in [7, 11) is -3.43. The van der Waals surface area contributed by atoms with Crippen molar-refractivity contribution in [1.29, 1.82) is 0 Å². The molecule has 0 radical (unpaired) electrons. The molecular weight excluding hydrogens is 196 g/mol. The van der Waals surface area contributed by atoms with E-state index in [4.69, 9.17) is 9.47 Å². The Morgan fingerprint density at radius 2 is 2.15 bits per heavy atom. The lowest BCUT2D eigenvalue weighted by Crippen LogP contribution is -2.21. The van der Waals surface area contributed by atoms with Gasteiger partial charge in [0.05, 0.1) is 6.26 Å². The third-order valence-corrected chi connectivity index (χ3v) is 1.81. The van der Waals surface area contributed by atoms with Crippen molar-refractivity contribution in [2.75, 3.05) is 12.9 Å². The summed E-state index contributed by atoms with van der Waals surface area (Å²) < 4.78 is 36.0. The number of ether oxygens (including phenoxy) is 2. The fourth-order valence-electron chi connectivity index (χ4n) is 0.800. The van der Waals surface area contributed by atoms with E-state index in [-0.39, 0.29) is 6.61 Å². The highest BCUT2D eigenvalue weighted by Gasteiger charge is 2.27. The van der Waals surface area contributed by atoms with Gasteiger partial charge >= 0.3 is 0 Å². The van der Waals surface area contributed by atoms with Gasteiger partial charge < -0.3 is 9.47 Å². The van der Waals surface area contributed by atoms with E-state index in [9.17, 15) is 8.42 Å². The standard InChI is InChI=1S/C7H12O5S/c1-7(2)10-4-6(12-7)5-11-13(3,8)9/h4H,5H2,1-3H3. The summed E-state index contributed by atoms with van der Waals surface area (Å²) in [6.07, 6.45) is 2.33. The van der Waals surface area contributed by atoms with Crippen molar-refractivity contribution in [1.82, 2.24) is 0 Å². The van der Waals surface area contributed by atoms with Gasteiger partial charge in [-0.1, -0.05) is 0 Å². The molecule has 0 N–H and O–H groups in total. The van der Waals surface area contributed by atoms with Gasteiger partial charge in [0.15, 0.2) is 5.76 Å². The van der Waals surface area contributed by atoms with Crippen molar-refractivity contribution in [3.8, 4) is 0 Å². The predicted molar refractivity (Wildman–Crippen MR) is 45.1 cm³/mol. The highest BCUT2D eigenvalue weighted by atomic mass is 32.2. The largest absolute Gasteiger partial charge is 0.457 e. The van der Waals surface area contributed by atoms with Gasteiger partial charge in [-0.2, -0.15) is 8.42 Å². The van der Waals surface area contributed by atoms with Crippen LogP contribution in [0.2, 0.25) is 0 Å². The second kappa shape index (κ2) is 3.19. The lowest BCUT2D eigenvalue weighted by atomic mass is 10.4. The third kappa shape index (κ3) is 3.65. The van der Waals surface area contributed by atoms with Crippen LogP contribution < -0.4 is 0 Å². The fraction of sp³-hybridized carbons (Fsp3) is 0.714. The van der Waals surface area contributed by atoms with E-state index in [1.807, 2.05) is 0 Å². The van der Waals surface area contributed by atoms with E-state index in [0.29, 0.717) is 5.76 Å². The molecule has 0 amide bonds. The lowest BCUT2D eigenvalue weighted by molar-refractivity contribution is -0.119. The molecule has 5 nitrogen and oxygen atoms in total. The van der Waals surface area contributed by atoms with Crippen LogP contribution in [0, 0.1) is 0 Å². The first-order valence-corrected chi connectivity index (χ1v) is 5.50. The van der Waals surface area contributed by atoms with Gasteiger partial charge in [-0.05, 0) is 0 Å². The molecule has 0 aromatic carbocycles. The quantitative estimate of drug-likeness (QED) is 0.635. The summed E-state index contributed by atoms with van der Waals surface area (Å²) in [6.45, 7) is 3.32. The maximum absolute atomic E-state index is 10.6. The molecule has 76 valence electrons. The predicted octanol–water partition coefficient (Wildman–Crippen LogP) is 0.587. The molecule has 1 aliphatic rings. The minimum atomic E-state index is -3.43. The maximum Gasteiger partial charge on any atom is 0.264 e. The molecular formula is C7H12O5S. The van der Waals surface area contributed by atoms with E-state index >= 15 is 0 Å². The van der Waals surface area contributed by atoms with E-state index in [1.54, 1.807) is 13.8 Å². The Kier molecular flexibility index (Phi) is 2.53. The molecule has 0 atom stereocenters. The van der Waals surface area contributed by atoms with Gasteiger partial charge in [0.25, 0.3) is 10.1 Å². The van der Waals surface area contributed by atoms with Crippen LogP contribution >= 0.6 is 0 Å². The second-order valence-electron chi connectivity index (χ2n) is 3.17. The van der Waals surface area contributed by atoms with Crippen LogP contribution in [0.3, 0.4) is 0 Å². The molecule has 0 saturated heterocycles. The summed E-state index contributed by atoms with van der Waals surface area (Å²) >= 11 is 0. The summed E-state index contributed by atoms with van der Waals surface area (Å²) in [5.41, 5.74) is 0. The molecule has 0 spiro atoms. The van der Waals surface area contributed by atoms with Crippen LogP contribution in [0.15, 0.2) is 12.0 Å². The maximum atomic E-state index is 10.6. The number of hydrogen-bond donors (Lipinski definition) is 0. The zero-order valence-corrected chi connectivity index (χ0v) is 8.55. The summed E-state index contributed by atoms with van der Waals surface area (Å²) in [5.74, 6) is -0.355. The molecule has 0 aromatic rings. The van der Waals surface area contributed by atoms with E-state index < -0.39 is 15.9 Å². The molecule has 0 aliphatic carbocycles. The van der Waals surface area contributed by atoms with Crippen LogP contribution in [-0.2, 0) is 23.8 Å². The zero-order valence-electron chi connectivity index (χ0n) is 7.73. The van der Waals surface area contributed by atoms with Crippen molar-refractivity contribution in [3.05, 3.63) is 12.0 Å². The van der Waals surface area contributed by atoms with Gasteiger partial charge in [0.1, 0.15) is 12.9 Å². The van der Waals surface area contributed by atoms with E-state index in [1.165, 1.54) is 6.26 Å². The van der Waals surface area contributed by atoms with Crippen molar-refractivity contribution in [2.24, 2.45) is 0 Å². The van der Waals surface area contributed by atoms with Gasteiger partial charge in [0.2, 0.25) is 5.79 Å². The topological polar surface area (TPSA) is 61.8 Å². The molecule has 1 heterocycles. The van der Waals surface area contributed by atoms with Gasteiger partial charge in [-0.3, -0.25) is 4.18 Å². The Labute approximate surface area is 77.4 Å². The Bertz CT molecular complexity index is 314. The molecule has 1 aliphatic heterocycles. The van der Waals surface area contributed by atoms with Crippen molar-refractivity contribution >= 4 is 10.1 Å². The Balaban J connectivity index is 2.42. The smallest absolute Gasteiger partial charge is 0.264 e. The highest BCUT2D eigenvalue weighted by molar-refractivity contribution is 7.85. The molecule has 0 fully saturated rings. The van der Waals surface area contributed by atoms with Crippen LogP contribution in [0.5, 0.6) is 0 Å². The van der Waals surface area contributed by atoms with Crippen LogP contribution in [0.1, 0.15) is 13.8 Å². The molecule has 0 bridgehead atoms. The first-order chi connectivity index (χ1) is 5.79. The summed E-state index contributed by atoms with van der Waals surface area (Å²) in [6, 6.07) is 0. The van der Waals surface area contributed by atoms with Crippen LogP contribution in [-0.4, -0.2) is 27.1 Å². The highest BCUT2D eigenvalue weighted by Crippen LogP contribution is 2.24. The van der Waals surface area contributed by atoms with E-state index in [0.717, 1.165) is 6.26 Å². The van der Waals surface area contributed by atoms with E-state index in [2.05, 4.69) is 4.18 Å². The summed E-state index contributed by atoms with van der Waals surface area (Å²) in [4.78, 5) is 0. The average Bonchev–Trinajstić information content (AvgIpc) is 2.24. The SMILES string of the molecule is CC1(C)OC=C(COS(C)(=O)=O)O1. The molecule has 1 rings (SSSR count). The molecule has 0 aromatic heterocycles. The van der Waals surface area contributed by atoms with Crippen molar-refractivity contribution in [2.45, 2.75) is 19.6 Å². The molecule has 6 heteroatoms. The van der Waals surface area contributed by atoms with Crippen molar-refractivity contribution < 1.29 is 22.1 Å². The summed E-state index contributed by atoms with van der Waals surface area (Å²) in [5, 5.41) is 0. The van der Waals surface area contributed by atoms with Crippen LogP contribution in [0.4, 0.5) is 0 Å². The first-order valence-electron chi connectivity index (χ1n) is 3.69. The fourth-order valence-corrected chi connectivity index (χ4v) is 1.13. The Hall–Kier alpha value is -0.750. The molecule has 0 saturated carbocycles.